The van der Waals surface area contributed by atoms with Gasteiger partial charge in [-0.3, -0.25) is 4.98 Å². The number of hydrogen-bond acceptors (Lipinski definition) is 3. The van der Waals surface area contributed by atoms with Crippen molar-refractivity contribution in [2.45, 2.75) is 58.1 Å². The Kier molecular flexibility index (Phi) is 3.36. The smallest absolute Gasteiger partial charge is 0.248 e. The average Bonchev–Trinajstić information content (AvgIpc) is 3.35. The van der Waals surface area contributed by atoms with Gasteiger partial charge in [0.25, 0.3) is 0 Å². The van der Waals surface area contributed by atoms with Crippen LogP contribution in [0.15, 0.2) is 65.2 Å². The summed E-state index contributed by atoms with van der Waals surface area (Å²) < 4.78 is 115. The van der Waals surface area contributed by atoms with Crippen molar-refractivity contribution in [1.29, 1.82) is 0 Å². The molecule has 6 rings (SSSR count). The maximum Gasteiger partial charge on any atom is 0.248 e. The molecule has 3 heterocycles. The Hall–Kier alpha value is -3.60. The molecule has 5 aromatic rings. The predicted octanol–water partition coefficient (Wildman–Crippen LogP) is 8.93. The van der Waals surface area contributed by atoms with Crippen LogP contribution in [0.4, 0.5) is 8.78 Å². The molecular formula is C31H28F2N2O. The lowest BCUT2D eigenvalue weighted by Gasteiger charge is -2.29. The summed E-state index contributed by atoms with van der Waals surface area (Å²) in [5, 5.41) is 1.18. The molecule has 3 nitrogen and oxygen atoms in total. The zero-order valence-electron chi connectivity index (χ0n) is 29.2. The zero-order chi connectivity index (χ0) is 33.4. The first-order chi connectivity index (χ1) is 21.3. The predicted molar refractivity (Wildman–Crippen MR) is 141 cm³/mol. The summed E-state index contributed by atoms with van der Waals surface area (Å²) in [6.07, 6.45) is -0.109. The molecule has 3 aromatic heterocycles. The van der Waals surface area contributed by atoms with Crippen molar-refractivity contribution >= 4 is 22.1 Å². The summed E-state index contributed by atoms with van der Waals surface area (Å²) in [5.74, 6) is -4.29. The maximum atomic E-state index is 13.9. The van der Waals surface area contributed by atoms with Crippen molar-refractivity contribution in [1.82, 2.24) is 9.97 Å². The molecule has 0 aliphatic heterocycles. The molecule has 182 valence electrons. The van der Waals surface area contributed by atoms with Crippen LogP contribution in [0, 0.1) is 20.6 Å². The minimum absolute atomic E-state index is 0.0767. The third-order valence-corrected chi connectivity index (χ3v) is 6.85. The average molecular weight is 493 g/mol. The van der Waals surface area contributed by atoms with Crippen LogP contribution in [0.2, 0.25) is 0 Å². The fraction of sp³-hybridized carbons (Fsp3) is 0.290. The SMILES string of the molecule is [2H]C([2H])([2H])c1ccc2c(n1)oc1c(-c3cc(-c4ccc(C5([2H])CCC(F)(F)CC5)cc4C([2H])([2H])[2H])c(C([2H])([2H])[2H])cn3)cccc12. The van der Waals surface area contributed by atoms with Crippen molar-refractivity contribution in [3.63, 3.8) is 0 Å². The first-order valence-electron chi connectivity index (χ1n) is 16.6. The summed E-state index contributed by atoms with van der Waals surface area (Å²) in [4.78, 5) is 8.60. The Balaban J connectivity index is 1.53. The number of hydrogen-bond donors (Lipinski definition) is 0. The third kappa shape index (κ3) is 3.97. The molecule has 0 saturated heterocycles. The number of furan rings is 1. The van der Waals surface area contributed by atoms with Gasteiger partial charge >= 0.3 is 0 Å². The number of nitrogens with zero attached hydrogens (tertiary/aromatic N) is 2. The summed E-state index contributed by atoms with van der Waals surface area (Å²) in [6.45, 7) is -7.87. The first kappa shape index (κ1) is 14.2. The van der Waals surface area contributed by atoms with Crippen molar-refractivity contribution in [2.75, 3.05) is 0 Å². The molecule has 0 N–H and O–H groups in total. The van der Waals surface area contributed by atoms with Gasteiger partial charge in [-0.25, -0.2) is 13.8 Å². The minimum Gasteiger partial charge on any atom is -0.437 e. The molecule has 2 aromatic carbocycles. The minimum atomic E-state index is -2.88. The Labute approximate surface area is 223 Å². The normalized spacial score (nSPS) is 22.2. The first-order valence-corrected chi connectivity index (χ1v) is 11.6. The second kappa shape index (κ2) is 8.51. The largest absolute Gasteiger partial charge is 0.437 e. The number of halogens is 2. The number of rotatable bonds is 3. The van der Waals surface area contributed by atoms with E-state index in [0.29, 0.717) is 21.9 Å². The molecular weight excluding hydrogens is 454 g/mol. The molecule has 0 unspecified atom stereocenters. The van der Waals surface area contributed by atoms with E-state index in [1.54, 1.807) is 24.3 Å². The second-order valence-electron chi connectivity index (χ2n) is 9.17. The lowest BCUT2D eigenvalue weighted by Crippen LogP contribution is -2.23. The maximum absolute atomic E-state index is 13.9. The van der Waals surface area contributed by atoms with Gasteiger partial charge < -0.3 is 4.42 Å². The van der Waals surface area contributed by atoms with Gasteiger partial charge in [-0.05, 0) is 91.4 Å². The van der Waals surface area contributed by atoms with Crippen LogP contribution in [0.5, 0.6) is 0 Å². The number of pyridine rings is 2. The number of aromatic nitrogens is 2. The monoisotopic (exact) mass is 492 g/mol. The van der Waals surface area contributed by atoms with Crippen LogP contribution in [0.1, 0.15) is 67.7 Å². The van der Waals surface area contributed by atoms with Crippen LogP contribution >= 0.6 is 0 Å². The number of aryl methyl sites for hydroxylation is 3. The molecule has 0 atom stereocenters. The molecule has 1 aliphatic rings. The van der Waals surface area contributed by atoms with Gasteiger partial charge in [-0.1, -0.05) is 30.3 Å². The van der Waals surface area contributed by atoms with E-state index in [4.69, 9.17) is 18.1 Å². The fourth-order valence-corrected chi connectivity index (χ4v) is 4.91. The lowest BCUT2D eigenvalue weighted by atomic mass is 9.81. The van der Waals surface area contributed by atoms with Gasteiger partial charge in [-0.15, -0.1) is 0 Å². The van der Waals surface area contributed by atoms with Crippen LogP contribution in [-0.4, -0.2) is 15.9 Å². The number of fused-ring (bicyclic) bond motifs is 3. The molecule has 1 aliphatic carbocycles. The van der Waals surface area contributed by atoms with Gasteiger partial charge in [0.05, 0.1) is 5.69 Å². The van der Waals surface area contributed by atoms with Gasteiger partial charge in [0.15, 0.2) is 0 Å². The quantitative estimate of drug-likeness (QED) is 0.252. The van der Waals surface area contributed by atoms with Crippen LogP contribution < -0.4 is 0 Å². The number of para-hydroxylation sites is 1. The highest BCUT2D eigenvalue weighted by Gasteiger charge is 2.35. The van der Waals surface area contributed by atoms with Crippen molar-refractivity contribution in [3.8, 4) is 22.4 Å². The molecule has 1 saturated carbocycles. The van der Waals surface area contributed by atoms with Crippen molar-refractivity contribution < 1.29 is 26.9 Å². The van der Waals surface area contributed by atoms with Crippen molar-refractivity contribution in [2.24, 2.45) is 0 Å². The van der Waals surface area contributed by atoms with Crippen LogP contribution in [0.25, 0.3) is 44.5 Å². The molecule has 36 heavy (non-hydrogen) atoms. The summed E-state index contributed by atoms with van der Waals surface area (Å²) in [5.41, 5.74) is 1.01. The third-order valence-electron chi connectivity index (χ3n) is 6.85. The van der Waals surface area contributed by atoms with E-state index >= 15 is 0 Å². The zero-order valence-corrected chi connectivity index (χ0v) is 19.2. The van der Waals surface area contributed by atoms with E-state index in [2.05, 4.69) is 9.97 Å². The Morgan fingerprint density at radius 3 is 2.58 bits per heavy atom. The van der Waals surface area contributed by atoms with Gasteiger partial charge in [0.1, 0.15) is 5.58 Å². The molecule has 0 bridgehead atoms. The topological polar surface area (TPSA) is 38.9 Å². The standard InChI is InChI=1S/C31H28F2N2O/c1-18-15-22(21-11-13-31(32,33)14-12-21)8-10-23(18)27-16-28(34-17-19(27)2)26-6-4-5-24-25-9-7-20(3)35-30(25)36-29(24)26/h4-10,15-17,21H,11-14H2,1-3H3/i1D3,2D3,3D3,21D. The summed E-state index contributed by atoms with van der Waals surface area (Å²) >= 11 is 0. The molecule has 0 amide bonds. The van der Waals surface area contributed by atoms with E-state index < -0.39 is 45.2 Å². The van der Waals surface area contributed by atoms with Gasteiger partial charge in [0.2, 0.25) is 11.6 Å². The molecule has 0 radical (unpaired) electrons. The van der Waals surface area contributed by atoms with E-state index in [9.17, 15) is 8.78 Å². The van der Waals surface area contributed by atoms with E-state index in [-0.39, 0.29) is 57.8 Å². The van der Waals surface area contributed by atoms with Gasteiger partial charge in [0, 0.05) is 54.8 Å². The highest BCUT2D eigenvalue weighted by molar-refractivity contribution is 6.08. The van der Waals surface area contributed by atoms with Crippen molar-refractivity contribution in [3.05, 3.63) is 83.2 Å². The highest BCUT2D eigenvalue weighted by atomic mass is 19.3. The molecule has 0 spiro atoms. The molecule has 5 heteroatoms. The second-order valence-corrected chi connectivity index (χ2v) is 9.17. The van der Waals surface area contributed by atoms with E-state index in [1.165, 1.54) is 30.3 Å². The Morgan fingerprint density at radius 1 is 0.917 bits per heavy atom. The molecule has 1 fully saturated rings. The Morgan fingerprint density at radius 2 is 1.78 bits per heavy atom. The fourth-order valence-electron chi connectivity index (χ4n) is 4.91. The Bertz CT molecular complexity index is 1970. The summed E-state index contributed by atoms with van der Waals surface area (Å²) in [6, 6.07) is 13.9. The number of alkyl halides is 2. The number of benzene rings is 2. The van der Waals surface area contributed by atoms with Crippen LogP contribution in [0.3, 0.4) is 0 Å². The van der Waals surface area contributed by atoms with Gasteiger partial charge in [-0.2, -0.15) is 0 Å². The highest BCUT2D eigenvalue weighted by Crippen LogP contribution is 2.42. The van der Waals surface area contributed by atoms with E-state index in [0.717, 1.165) is 6.20 Å². The lowest BCUT2D eigenvalue weighted by molar-refractivity contribution is -0.0382. The summed E-state index contributed by atoms with van der Waals surface area (Å²) in [7, 11) is 0. The van der Waals surface area contributed by atoms with E-state index in [1.807, 2.05) is 0 Å². The van der Waals surface area contributed by atoms with Crippen LogP contribution in [-0.2, 0) is 0 Å².